The minimum Gasteiger partial charge on any atom is -0.493 e. The molecule has 14 heavy (non-hydrogen) atoms. The van der Waals surface area contributed by atoms with Gasteiger partial charge < -0.3 is 15.2 Å². The van der Waals surface area contributed by atoms with Crippen LogP contribution in [0.2, 0.25) is 0 Å². The third-order valence-electron chi connectivity index (χ3n) is 2.25. The van der Waals surface area contributed by atoms with Crippen LogP contribution in [0.4, 0.5) is 0 Å². The molecule has 0 amide bonds. The molecule has 0 spiro atoms. The van der Waals surface area contributed by atoms with Gasteiger partial charge in [0, 0.05) is 12.1 Å². The molecule has 0 aliphatic carbocycles. The zero-order valence-corrected chi connectivity index (χ0v) is 8.12. The van der Waals surface area contributed by atoms with E-state index >= 15 is 0 Å². The van der Waals surface area contributed by atoms with Crippen molar-refractivity contribution < 1.29 is 9.47 Å². The van der Waals surface area contributed by atoms with Gasteiger partial charge in [-0.2, -0.15) is 0 Å². The number of nitrogens with two attached hydrogens (primary N) is 1. The molecule has 0 atom stereocenters. The normalized spacial score (nSPS) is 14.0. The fourth-order valence-electron chi connectivity index (χ4n) is 1.51. The van der Waals surface area contributed by atoms with Crippen LogP contribution < -0.4 is 15.2 Å². The van der Waals surface area contributed by atoms with Crippen molar-refractivity contribution in [2.75, 3.05) is 20.3 Å². The molecule has 1 aromatic rings. The minimum absolute atomic E-state index is 0.538. The van der Waals surface area contributed by atoms with Crippen molar-refractivity contribution in [2.45, 2.75) is 0 Å². The van der Waals surface area contributed by atoms with Gasteiger partial charge in [0.15, 0.2) is 11.5 Å². The summed E-state index contributed by atoms with van der Waals surface area (Å²) in [6.45, 7) is 1.10. The van der Waals surface area contributed by atoms with E-state index in [9.17, 15) is 0 Å². The first-order valence-corrected chi connectivity index (χ1v) is 4.54. The summed E-state index contributed by atoms with van der Waals surface area (Å²) in [6.07, 6.45) is 2.06. The monoisotopic (exact) mass is 191 g/mol. The van der Waals surface area contributed by atoms with Crippen LogP contribution in [-0.2, 0) is 0 Å². The number of rotatable bonds is 2. The van der Waals surface area contributed by atoms with Crippen LogP contribution in [0.25, 0.3) is 6.08 Å². The Morgan fingerprint density at radius 3 is 3.07 bits per heavy atom. The summed E-state index contributed by atoms with van der Waals surface area (Å²) in [4.78, 5) is 0. The minimum atomic E-state index is 0.538. The molecule has 3 heteroatoms. The number of hydrogen-bond acceptors (Lipinski definition) is 3. The third-order valence-corrected chi connectivity index (χ3v) is 2.25. The summed E-state index contributed by atoms with van der Waals surface area (Å²) in [5.74, 6) is 1.59. The third kappa shape index (κ3) is 1.46. The van der Waals surface area contributed by atoms with Gasteiger partial charge >= 0.3 is 0 Å². The zero-order valence-electron chi connectivity index (χ0n) is 8.12. The lowest BCUT2D eigenvalue weighted by Crippen LogP contribution is -2.15. The Kier molecular flexibility index (Phi) is 2.41. The van der Waals surface area contributed by atoms with Gasteiger partial charge in [0.1, 0.15) is 6.61 Å². The topological polar surface area (TPSA) is 44.5 Å². The Morgan fingerprint density at radius 2 is 2.36 bits per heavy atom. The molecule has 0 radical (unpaired) electrons. The Hall–Kier alpha value is -1.48. The van der Waals surface area contributed by atoms with E-state index in [1.807, 2.05) is 18.2 Å². The highest BCUT2D eigenvalue weighted by Crippen LogP contribution is 2.35. The lowest BCUT2D eigenvalue weighted by molar-refractivity contribution is 0.314. The van der Waals surface area contributed by atoms with Gasteiger partial charge in [0.05, 0.1) is 7.11 Å². The average molecular weight is 191 g/mol. The Bertz CT molecular complexity index is 372. The maximum atomic E-state index is 5.58. The smallest absolute Gasteiger partial charge is 0.168 e. The van der Waals surface area contributed by atoms with Gasteiger partial charge in [0.2, 0.25) is 0 Å². The first kappa shape index (κ1) is 9.09. The van der Waals surface area contributed by atoms with Crippen molar-refractivity contribution in [2.24, 2.45) is 5.73 Å². The zero-order chi connectivity index (χ0) is 9.97. The number of ether oxygens (including phenoxy) is 2. The summed E-state index contributed by atoms with van der Waals surface area (Å²) in [7, 11) is 1.64. The molecule has 74 valence electrons. The average Bonchev–Trinajstić information content (AvgIpc) is 2.27. The molecule has 0 saturated heterocycles. The maximum absolute atomic E-state index is 5.58. The predicted molar refractivity (Wildman–Crippen MR) is 55.5 cm³/mol. The standard InChI is InChI=1S/C11H13NO2/c1-13-10-4-2-3-9-5-8(6-12)7-14-11(9)10/h2-5H,6-7,12H2,1H3. The van der Waals surface area contributed by atoms with Gasteiger partial charge in [-0.15, -0.1) is 0 Å². The maximum Gasteiger partial charge on any atom is 0.168 e. The number of methoxy groups -OCH3 is 1. The van der Waals surface area contributed by atoms with Crippen LogP contribution in [0.1, 0.15) is 5.56 Å². The summed E-state index contributed by atoms with van der Waals surface area (Å²) < 4.78 is 10.8. The van der Waals surface area contributed by atoms with E-state index in [4.69, 9.17) is 15.2 Å². The molecule has 1 aliphatic rings. The second kappa shape index (κ2) is 3.72. The van der Waals surface area contributed by atoms with E-state index in [1.54, 1.807) is 7.11 Å². The van der Waals surface area contributed by atoms with Crippen LogP contribution in [0.15, 0.2) is 23.8 Å². The van der Waals surface area contributed by atoms with Crippen LogP contribution in [0.3, 0.4) is 0 Å². The van der Waals surface area contributed by atoms with Gasteiger partial charge in [-0.05, 0) is 17.7 Å². The highest BCUT2D eigenvalue weighted by atomic mass is 16.5. The first-order chi connectivity index (χ1) is 6.85. The Labute approximate surface area is 83.1 Å². The predicted octanol–water partition coefficient (Wildman–Crippen LogP) is 1.43. The number of para-hydroxylation sites is 1. The SMILES string of the molecule is COc1cccc2c1OCC(CN)=C2. The molecule has 3 nitrogen and oxygen atoms in total. The molecule has 0 fully saturated rings. The first-order valence-electron chi connectivity index (χ1n) is 4.54. The summed E-state index contributed by atoms with van der Waals surface area (Å²) in [5, 5.41) is 0. The molecule has 0 bridgehead atoms. The van der Waals surface area contributed by atoms with Crippen molar-refractivity contribution in [3.05, 3.63) is 29.3 Å². The fraction of sp³-hybridized carbons (Fsp3) is 0.273. The molecule has 0 saturated carbocycles. The van der Waals surface area contributed by atoms with Crippen molar-refractivity contribution >= 4 is 6.08 Å². The highest BCUT2D eigenvalue weighted by Gasteiger charge is 2.14. The van der Waals surface area contributed by atoms with E-state index in [2.05, 4.69) is 6.08 Å². The quantitative estimate of drug-likeness (QED) is 0.769. The molecule has 0 unspecified atom stereocenters. The summed E-state index contributed by atoms with van der Waals surface area (Å²) in [6, 6.07) is 5.82. The van der Waals surface area contributed by atoms with Gasteiger partial charge in [-0.1, -0.05) is 12.1 Å². The van der Waals surface area contributed by atoms with Gasteiger partial charge in [-0.3, -0.25) is 0 Å². The molecule has 1 heterocycles. The van der Waals surface area contributed by atoms with E-state index in [-0.39, 0.29) is 0 Å². The van der Waals surface area contributed by atoms with Crippen molar-refractivity contribution in [1.82, 2.24) is 0 Å². The lowest BCUT2D eigenvalue weighted by Gasteiger charge is -2.19. The molecular formula is C11H13NO2. The molecular weight excluding hydrogens is 178 g/mol. The fourth-order valence-corrected chi connectivity index (χ4v) is 1.51. The summed E-state index contributed by atoms with van der Waals surface area (Å²) >= 11 is 0. The van der Waals surface area contributed by atoms with E-state index in [0.29, 0.717) is 13.2 Å². The van der Waals surface area contributed by atoms with Crippen LogP contribution in [0, 0.1) is 0 Å². The van der Waals surface area contributed by atoms with Gasteiger partial charge in [0.25, 0.3) is 0 Å². The second-order valence-corrected chi connectivity index (χ2v) is 3.17. The second-order valence-electron chi connectivity index (χ2n) is 3.17. The number of benzene rings is 1. The molecule has 1 aliphatic heterocycles. The van der Waals surface area contributed by atoms with Crippen molar-refractivity contribution in [3.63, 3.8) is 0 Å². The van der Waals surface area contributed by atoms with Gasteiger partial charge in [-0.25, -0.2) is 0 Å². The van der Waals surface area contributed by atoms with E-state index in [1.165, 1.54) is 0 Å². The molecule has 2 rings (SSSR count). The Balaban J connectivity index is 2.45. The van der Waals surface area contributed by atoms with Crippen LogP contribution in [-0.4, -0.2) is 20.3 Å². The number of hydrogen-bond donors (Lipinski definition) is 1. The largest absolute Gasteiger partial charge is 0.493 e. The molecule has 2 N–H and O–H groups in total. The molecule has 0 aromatic heterocycles. The highest BCUT2D eigenvalue weighted by molar-refractivity contribution is 5.66. The van der Waals surface area contributed by atoms with E-state index < -0.39 is 0 Å². The number of fused-ring (bicyclic) bond motifs is 1. The van der Waals surface area contributed by atoms with Crippen molar-refractivity contribution in [1.29, 1.82) is 0 Å². The Morgan fingerprint density at radius 1 is 1.50 bits per heavy atom. The van der Waals surface area contributed by atoms with Crippen LogP contribution in [0.5, 0.6) is 11.5 Å². The molecule has 1 aromatic carbocycles. The lowest BCUT2D eigenvalue weighted by atomic mass is 10.1. The summed E-state index contributed by atoms with van der Waals surface area (Å²) in [5.41, 5.74) is 7.69. The van der Waals surface area contributed by atoms with Crippen LogP contribution >= 0.6 is 0 Å². The van der Waals surface area contributed by atoms with Crippen molar-refractivity contribution in [3.8, 4) is 11.5 Å². The van der Waals surface area contributed by atoms with E-state index in [0.717, 1.165) is 22.6 Å².